The van der Waals surface area contributed by atoms with Crippen LogP contribution in [0, 0.1) is 13.8 Å². The Balaban J connectivity index is 1.09. The second kappa shape index (κ2) is 20.9. The van der Waals surface area contributed by atoms with Crippen LogP contribution >= 0.6 is 0 Å². The lowest BCUT2D eigenvalue weighted by Crippen LogP contribution is -2.04. The Hall–Kier alpha value is -3.52. The van der Waals surface area contributed by atoms with Crippen LogP contribution in [0.1, 0.15) is 167 Å². The molecule has 4 N–H and O–H groups in total. The van der Waals surface area contributed by atoms with Crippen molar-refractivity contribution >= 4 is 11.4 Å². The van der Waals surface area contributed by atoms with Crippen molar-refractivity contribution in [1.29, 1.82) is 0 Å². The molecule has 0 aliphatic carbocycles. The van der Waals surface area contributed by atoms with Gasteiger partial charge in [0.15, 0.2) is 0 Å². The standard InChI is InChI=1S/C47H66N2/c1-5-7-20-46(44-32-30-42(48)34-36(44)3)40-26-22-38(23-27-40)18-16-14-12-10-9-11-13-15-17-19-39-24-28-41(29-25-39)47(21-8-6-2)45-33-31-43(49)35-37(45)4/h22-35,46-47H,5-21,48-49H2,1-4H3. The van der Waals surface area contributed by atoms with Crippen molar-refractivity contribution in [1.82, 2.24) is 0 Å². The van der Waals surface area contributed by atoms with Gasteiger partial charge in [-0.05, 0) is 121 Å². The molecule has 0 spiro atoms. The van der Waals surface area contributed by atoms with Gasteiger partial charge in [-0.15, -0.1) is 0 Å². The zero-order valence-corrected chi connectivity index (χ0v) is 31.4. The van der Waals surface area contributed by atoms with E-state index in [1.165, 1.54) is 154 Å². The van der Waals surface area contributed by atoms with Crippen molar-refractivity contribution in [3.05, 3.63) is 129 Å². The Morgan fingerprint density at radius 3 is 1.10 bits per heavy atom. The van der Waals surface area contributed by atoms with E-state index in [0.717, 1.165) is 11.4 Å². The number of unbranched alkanes of at least 4 members (excludes halogenated alkanes) is 10. The lowest BCUT2D eigenvalue weighted by Gasteiger charge is -2.21. The molecular formula is C47H66N2. The minimum Gasteiger partial charge on any atom is -0.399 e. The van der Waals surface area contributed by atoms with E-state index in [-0.39, 0.29) is 0 Å². The van der Waals surface area contributed by atoms with Crippen LogP contribution in [-0.4, -0.2) is 0 Å². The lowest BCUT2D eigenvalue weighted by atomic mass is 9.84. The van der Waals surface area contributed by atoms with Crippen LogP contribution in [0.3, 0.4) is 0 Å². The van der Waals surface area contributed by atoms with E-state index in [0.29, 0.717) is 11.8 Å². The molecule has 264 valence electrons. The number of nitrogens with two attached hydrogens (primary N) is 2. The first-order valence-corrected chi connectivity index (χ1v) is 19.8. The first-order valence-electron chi connectivity index (χ1n) is 19.8. The molecule has 0 amide bonds. The molecule has 0 aromatic heterocycles. The normalized spacial score (nSPS) is 12.7. The van der Waals surface area contributed by atoms with Crippen LogP contribution in [0.15, 0.2) is 84.9 Å². The van der Waals surface area contributed by atoms with Crippen molar-refractivity contribution in [2.75, 3.05) is 11.5 Å². The zero-order chi connectivity index (χ0) is 34.8. The largest absolute Gasteiger partial charge is 0.399 e. The molecular weight excluding hydrogens is 593 g/mol. The highest BCUT2D eigenvalue weighted by molar-refractivity contribution is 5.49. The highest BCUT2D eigenvalue weighted by Crippen LogP contribution is 2.34. The molecule has 0 aliphatic heterocycles. The molecule has 0 heterocycles. The van der Waals surface area contributed by atoms with Crippen LogP contribution in [0.5, 0.6) is 0 Å². The van der Waals surface area contributed by atoms with E-state index in [4.69, 9.17) is 11.5 Å². The van der Waals surface area contributed by atoms with Gasteiger partial charge in [0.05, 0.1) is 0 Å². The maximum atomic E-state index is 6.05. The number of benzene rings is 4. The average molecular weight is 659 g/mol. The van der Waals surface area contributed by atoms with E-state index < -0.39 is 0 Å². The van der Waals surface area contributed by atoms with Gasteiger partial charge in [-0.25, -0.2) is 0 Å². The number of rotatable bonds is 22. The Morgan fingerprint density at radius 1 is 0.429 bits per heavy atom. The first kappa shape index (κ1) is 38.3. The summed E-state index contributed by atoms with van der Waals surface area (Å²) in [4.78, 5) is 0. The molecule has 4 aromatic rings. The Kier molecular flexibility index (Phi) is 16.3. The van der Waals surface area contributed by atoms with Gasteiger partial charge in [-0.3, -0.25) is 0 Å². The molecule has 0 saturated carbocycles. The lowest BCUT2D eigenvalue weighted by molar-refractivity contribution is 0.558. The van der Waals surface area contributed by atoms with Crippen LogP contribution in [-0.2, 0) is 12.8 Å². The summed E-state index contributed by atoms with van der Waals surface area (Å²) in [6.45, 7) is 8.97. The molecule has 0 saturated heterocycles. The van der Waals surface area contributed by atoms with Gasteiger partial charge in [0.1, 0.15) is 0 Å². The second-order valence-corrected chi connectivity index (χ2v) is 14.8. The van der Waals surface area contributed by atoms with Crippen LogP contribution in [0.2, 0.25) is 0 Å². The Bertz CT molecular complexity index is 1390. The monoisotopic (exact) mass is 659 g/mol. The molecule has 2 nitrogen and oxygen atoms in total. The molecule has 2 atom stereocenters. The quantitative estimate of drug-likeness (QED) is 0.0652. The van der Waals surface area contributed by atoms with E-state index in [2.05, 4.69) is 113 Å². The molecule has 0 radical (unpaired) electrons. The van der Waals surface area contributed by atoms with Gasteiger partial charge in [0.25, 0.3) is 0 Å². The van der Waals surface area contributed by atoms with E-state index in [9.17, 15) is 0 Å². The fraction of sp³-hybridized carbons (Fsp3) is 0.489. The summed E-state index contributed by atoms with van der Waals surface area (Å²) in [7, 11) is 0. The predicted octanol–water partition coefficient (Wildman–Crippen LogP) is 13.4. The third-order valence-electron chi connectivity index (χ3n) is 10.7. The molecule has 2 heteroatoms. The van der Waals surface area contributed by atoms with E-state index >= 15 is 0 Å². The fourth-order valence-corrected chi connectivity index (χ4v) is 7.73. The van der Waals surface area contributed by atoms with Crippen molar-refractivity contribution in [2.45, 2.75) is 149 Å². The van der Waals surface area contributed by atoms with Crippen LogP contribution in [0.25, 0.3) is 0 Å². The molecule has 4 aromatic carbocycles. The highest BCUT2D eigenvalue weighted by atomic mass is 14.5. The van der Waals surface area contributed by atoms with Gasteiger partial charge in [0.2, 0.25) is 0 Å². The van der Waals surface area contributed by atoms with E-state index in [1.807, 2.05) is 0 Å². The minimum absolute atomic E-state index is 0.459. The number of hydrogen-bond donors (Lipinski definition) is 2. The summed E-state index contributed by atoms with van der Waals surface area (Å²) >= 11 is 0. The van der Waals surface area contributed by atoms with Crippen LogP contribution < -0.4 is 11.5 Å². The SMILES string of the molecule is CCCCC(c1ccc(CCCCCCCCCCCc2ccc(C(CCCC)c3ccc(N)cc3C)cc2)cc1)c1ccc(N)cc1C. The van der Waals surface area contributed by atoms with Gasteiger partial charge >= 0.3 is 0 Å². The van der Waals surface area contributed by atoms with Gasteiger partial charge in [-0.1, -0.05) is 145 Å². The summed E-state index contributed by atoms with van der Waals surface area (Å²) in [5.41, 5.74) is 25.1. The average Bonchev–Trinajstić information content (AvgIpc) is 3.10. The van der Waals surface area contributed by atoms with Crippen molar-refractivity contribution < 1.29 is 0 Å². The van der Waals surface area contributed by atoms with Gasteiger partial charge in [-0.2, -0.15) is 0 Å². The maximum Gasteiger partial charge on any atom is 0.0316 e. The molecule has 4 rings (SSSR count). The first-order chi connectivity index (χ1) is 23.9. The molecule has 49 heavy (non-hydrogen) atoms. The predicted molar refractivity (Wildman–Crippen MR) is 216 cm³/mol. The number of hydrogen-bond acceptors (Lipinski definition) is 2. The molecule has 0 fully saturated rings. The summed E-state index contributed by atoms with van der Waals surface area (Å²) in [5, 5.41) is 0. The Morgan fingerprint density at radius 2 is 0.776 bits per heavy atom. The smallest absolute Gasteiger partial charge is 0.0316 e. The van der Waals surface area contributed by atoms with Crippen LogP contribution in [0.4, 0.5) is 11.4 Å². The van der Waals surface area contributed by atoms with Gasteiger partial charge in [0, 0.05) is 23.2 Å². The molecule has 0 aliphatic rings. The number of anilines is 2. The van der Waals surface area contributed by atoms with Gasteiger partial charge < -0.3 is 11.5 Å². The molecule has 2 unspecified atom stereocenters. The summed E-state index contributed by atoms with van der Waals surface area (Å²) in [6, 6.07) is 31.9. The van der Waals surface area contributed by atoms with Crippen molar-refractivity contribution in [3.8, 4) is 0 Å². The molecule has 0 bridgehead atoms. The summed E-state index contributed by atoms with van der Waals surface area (Å²) in [5.74, 6) is 0.917. The van der Waals surface area contributed by atoms with Crippen molar-refractivity contribution in [3.63, 3.8) is 0 Å². The van der Waals surface area contributed by atoms with Crippen molar-refractivity contribution in [2.24, 2.45) is 0 Å². The zero-order valence-electron chi connectivity index (χ0n) is 31.4. The third kappa shape index (κ3) is 12.4. The fourth-order valence-electron chi connectivity index (χ4n) is 7.73. The number of nitrogen functional groups attached to an aromatic ring is 2. The third-order valence-corrected chi connectivity index (χ3v) is 10.7. The number of aryl methyl sites for hydroxylation is 4. The minimum atomic E-state index is 0.459. The van der Waals surface area contributed by atoms with E-state index in [1.54, 1.807) is 0 Å². The topological polar surface area (TPSA) is 52.0 Å². The summed E-state index contributed by atoms with van der Waals surface area (Å²) in [6.07, 6.45) is 21.9. The highest BCUT2D eigenvalue weighted by Gasteiger charge is 2.17. The maximum absolute atomic E-state index is 6.05. The second-order valence-electron chi connectivity index (χ2n) is 14.8. The summed E-state index contributed by atoms with van der Waals surface area (Å²) < 4.78 is 0. The Labute approximate surface area is 300 Å².